The van der Waals surface area contributed by atoms with Crippen molar-refractivity contribution in [2.24, 2.45) is 0 Å². The van der Waals surface area contributed by atoms with Crippen molar-refractivity contribution in [2.45, 2.75) is 6.61 Å². The number of methoxy groups -OCH3 is 1. The van der Waals surface area contributed by atoms with Gasteiger partial charge in [-0.1, -0.05) is 12.1 Å². The van der Waals surface area contributed by atoms with Crippen LogP contribution >= 0.6 is 0 Å². The number of aromatic nitrogens is 1. The number of anilines is 2. The lowest BCUT2D eigenvalue weighted by molar-refractivity contribution is 0.101. The smallest absolute Gasteiger partial charge is 0.272 e. The minimum absolute atomic E-state index is 0.0471. The number of rotatable bonds is 6. The highest BCUT2D eigenvalue weighted by Crippen LogP contribution is 2.16. The maximum atomic E-state index is 12.5. The van der Waals surface area contributed by atoms with E-state index in [0.717, 1.165) is 12.1 Å². The summed E-state index contributed by atoms with van der Waals surface area (Å²) < 4.78 is 5.06. The van der Waals surface area contributed by atoms with Crippen molar-refractivity contribution in [3.63, 3.8) is 0 Å². The SMILES string of the molecule is COc1ccc(NC(=O)c2cc(=O)cc(C(=O)Nc3ccc(CO)cc3)[nH]2)cc1. The lowest BCUT2D eigenvalue weighted by Gasteiger charge is -2.09. The predicted molar refractivity (Wildman–Crippen MR) is 108 cm³/mol. The number of aliphatic hydroxyl groups excluding tert-OH is 1. The summed E-state index contributed by atoms with van der Waals surface area (Å²) in [5.74, 6) is -0.491. The first-order valence-corrected chi connectivity index (χ1v) is 8.69. The lowest BCUT2D eigenvalue weighted by Crippen LogP contribution is -2.22. The van der Waals surface area contributed by atoms with Gasteiger partial charge >= 0.3 is 0 Å². The number of aromatic amines is 1. The maximum Gasteiger partial charge on any atom is 0.272 e. The quantitative estimate of drug-likeness (QED) is 0.512. The number of nitrogens with one attached hydrogen (secondary N) is 3. The number of hydrogen-bond donors (Lipinski definition) is 4. The first kappa shape index (κ1) is 19.8. The Labute approximate surface area is 166 Å². The number of pyridine rings is 1. The van der Waals surface area contributed by atoms with E-state index in [-0.39, 0.29) is 18.0 Å². The molecule has 29 heavy (non-hydrogen) atoms. The summed E-state index contributed by atoms with van der Waals surface area (Å²) in [6.45, 7) is -0.104. The Kier molecular flexibility index (Phi) is 6.06. The average Bonchev–Trinajstić information content (AvgIpc) is 2.74. The van der Waals surface area contributed by atoms with Gasteiger partial charge in [0.2, 0.25) is 0 Å². The van der Waals surface area contributed by atoms with Gasteiger partial charge in [-0.05, 0) is 42.0 Å². The van der Waals surface area contributed by atoms with Crippen LogP contribution in [0, 0.1) is 0 Å². The van der Waals surface area contributed by atoms with Gasteiger partial charge in [0.1, 0.15) is 17.1 Å². The van der Waals surface area contributed by atoms with E-state index < -0.39 is 17.2 Å². The number of carbonyl (C=O) groups excluding carboxylic acids is 2. The molecule has 0 saturated heterocycles. The van der Waals surface area contributed by atoms with Gasteiger partial charge in [-0.15, -0.1) is 0 Å². The summed E-state index contributed by atoms with van der Waals surface area (Å²) in [4.78, 5) is 39.6. The van der Waals surface area contributed by atoms with Crippen molar-refractivity contribution in [2.75, 3.05) is 17.7 Å². The van der Waals surface area contributed by atoms with E-state index in [9.17, 15) is 14.4 Å². The van der Waals surface area contributed by atoms with Crippen molar-refractivity contribution < 1.29 is 19.4 Å². The van der Waals surface area contributed by atoms with Crippen molar-refractivity contribution in [3.8, 4) is 5.75 Å². The van der Waals surface area contributed by atoms with Gasteiger partial charge in [0, 0.05) is 23.5 Å². The third kappa shape index (κ3) is 5.08. The van der Waals surface area contributed by atoms with Gasteiger partial charge in [0.15, 0.2) is 5.43 Å². The van der Waals surface area contributed by atoms with E-state index >= 15 is 0 Å². The van der Waals surface area contributed by atoms with Crippen LogP contribution in [0.1, 0.15) is 26.5 Å². The van der Waals surface area contributed by atoms with Crippen LogP contribution in [0.25, 0.3) is 0 Å². The molecule has 3 rings (SSSR count). The molecule has 0 atom stereocenters. The summed E-state index contributed by atoms with van der Waals surface area (Å²) >= 11 is 0. The Morgan fingerprint density at radius 1 is 0.897 bits per heavy atom. The van der Waals surface area contributed by atoms with Crippen molar-refractivity contribution >= 4 is 23.2 Å². The van der Waals surface area contributed by atoms with Crippen LogP contribution in [0.4, 0.5) is 11.4 Å². The molecule has 1 aromatic heterocycles. The second-order valence-electron chi connectivity index (χ2n) is 6.14. The van der Waals surface area contributed by atoms with Gasteiger partial charge in [-0.25, -0.2) is 0 Å². The van der Waals surface area contributed by atoms with Crippen molar-refractivity contribution in [1.29, 1.82) is 0 Å². The largest absolute Gasteiger partial charge is 0.497 e. The summed E-state index contributed by atoms with van der Waals surface area (Å²) in [5.41, 5.74) is 1.12. The minimum Gasteiger partial charge on any atom is -0.497 e. The third-order valence-electron chi connectivity index (χ3n) is 4.07. The van der Waals surface area contributed by atoms with Crippen LogP contribution in [0.15, 0.2) is 65.5 Å². The van der Waals surface area contributed by atoms with Crippen LogP contribution in [-0.2, 0) is 6.61 Å². The number of aliphatic hydroxyl groups is 1. The molecule has 0 aliphatic rings. The number of hydrogen-bond acceptors (Lipinski definition) is 5. The number of benzene rings is 2. The monoisotopic (exact) mass is 393 g/mol. The van der Waals surface area contributed by atoms with Crippen molar-refractivity contribution in [1.82, 2.24) is 4.98 Å². The Morgan fingerprint density at radius 2 is 1.38 bits per heavy atom. The van der Waals surface area contributed by atoms with Gasteiger partial charge in [0.25, 0.3) is 11.8 Å². The fourth-order valence-electron chi connectivity index (χ4n) is 2.55. The third-order valence-corrected chi connectivity index (χ3v) is 4.07. The zero-order chi connectivity index (χ0) is 20.8. The maximum absolute atomic E-state index is 12.5. The second-order valence-corrected chi connectivity index (χ2v) is 6.14. The van der Waals surface area contributed by atoms with Crippen LogP contribution in [0.5, 0.6) is 5.75 Å². The highest BCUT2D eigenvalue weighted by Gasteiger charge is 2.13. The van der Waals surface area contributed by atoms with E-state index in [1.165, 1.54) is 7.11 Å². The van der Waals surface area contributed by atoms with E-state index in [0.29, 0.717) is 22.7 Å². The zero-order valence-electron chi connectivity index (χ0n) is 15.6. The van der Waals surface area contributed by atoms with E-state index in [1.54, 1.807) is 48.5 Å². The molecule has 2 aromatic carbocycles. The highest BCUT2D eigenvalue weighted by molar-refractivity contribution is 6.06. The molecule has 0 aliphatic carbocycles. The van der Waals surface area contributed by atoms with Gasteiger partial charge < -0.3 is 25.5 Å². The van der Waals surface area contributed by atoms with Crippen LogP contribution < -0.4 is 20.8 Å². The van der Waals surface area contributed by atoms with E-state index in [4.69, 9.17) is 9.84 Å². The molecule has 3 aromatic rings. The molecule has 4 N–H and O–H groups in total. The van der Waals surface area contributed by atoms with Gasteiger partial charge in [-0.2, -0.15) is 0 Å². The number of carbonyl (C=O) groups is 2. The fraction of sp³-hybridized carbons (Fsp3) is 0.0952. The topological polar surface area (TPSA) is 121 Å². The zero-order valence-corrected chi connectivity index (χ0v) is 15.6. The Balaban J connectivity index is 1.76. The van der Waals surface area contributed by atoms with Gasteiger partial charge in [-0.3, -0.25) is 14.4 Å². The normalized spacial score (nSPS) is 10.3. The molecule has 0 spiro atoms. The molecule has 148 valence electrons. The molecule has 1 heterocycles. The highest BCUT2D eigenvalue weighted by atomic mass is 16.5. The number of H-pyrrole nitrogens is 1. The molecule has 0 fully saturated rings. The fourth-order valence-corrected chi connectivity index (χ4v) is 2.55. The summed E-state index contributed by atoms with van der Waals surface area (Å²) in [5, 5.41) is 14.3. The molecule has 2 amide bonds. The summed E-state index contributed by atoms with van der Waals surface area (Å²) in [6, 6.07) is 15.5. The van der Waals surface area contributed by atoms with Gasteiger partial charge in [0.05, 0.1) is 13.7 Å². The van der Waals surface area contributed by atoms with Crippen LogP contribution in [0.3, 0.4) is 0 Å². The molecular formula is C21H19N3O5. The molecule has 0 radical (unpaired) electrons. The number of ether oxygens (including phenoxy) is 1. The molecule has 0 saturated carbocycles. The summed E-state index contributed by atoms with van der Waals surface area (Å²) in [7, 11) is 1.54. The lowest BCUT2D eigenvalue weighted by atomic mass is 10.2. The molecule has 8 heteroatoms. The van der Waals surface area contributed by atoms with E-state index in [2.05, 4.69) is 15.6 Å². The molecule has 0 aliphatic heterocycles. The Morgan fingerprint density at radius 3 is 1.83 bits per heavy atom. The predicted octanol–water partition coefficient (Wildman–Crippen LogP) is 2.38. The minimum atomic E-state index is -0.571. The molecular weight excluding hydrogens is 374 g/mol. The Hall–Kier alpha value is -3.91. The summed E-state index contributed by atoms with van der Waals surface area (Å²) in [6.07, 6.45) is 0. The van der Waals surface area contributed by atoms with Crippen LogP contribution in [0.2, 0.25) is 0 Å². The first-order valence-electron chi connectivity index (χ1n) is 8.69. The van der Waals surface area contributed by atoms with E-state index in [1.807, 2.05) is 0 Å². The van der Waals surface area contributed by atoms with Crippen molar-refractivity contribution in [3.05, 3.63) is 87.8 Å². The average molecular weight is 393 g/mol. The Bertz CT molecular complexity index is 990. The second kappa shape index (κ2) is 8.85. The molecule has 0 bridgehead atoms. The van der Waals surface area contributed by atoms with Crippen LogP contribution in [-0.4, -0.2) is 29.0 Å². The molecule has 0 unspecified atom stereocenters. The standard InChI is InChI=1S/C21H19N3O5/c1-29-17-8-6-15(7-9-17)23-21(28)19-11-16(26)10-18(24-19)20(27)22-14-4-2-13(12-25)3-5-14/h2-11,25H,12H2,1H3,(H,22,27)(H,23,28)(H,24,26). The first-order chi connectivity index (χ1) is 14.0. The number of amides is 2. The molecule has 8 nitrogen and oxygen atoms in total.